The lowest BCUT2D eigenvalue weighted by molar-refractivity contribution is -0.117. The quantitative estimate of drug-likeness (QED) is 0.705. The van der Waals surface area contributed by atoms with Gasteiger partial charge in [0, 0.05) is 0 Å². The molecule has 122 valence electrons. The van der Waals surface area contributed by atoms with Crippen LogP contribution in [0, 0.1) is 0 Å². The number of hydrogen-bond donors (Lipinski definition) is 2. The minimum Gasteiger partial charge on any atom is -0.506 e. The molecule has 0 radical (unpaired) electrons. The summed E-state index contributed by atoms with van der Waals surface area (Å²) in [6, 6.07) is 18.5. The van der Waals surface area contributed by atoms with Crippen LogP contribution in [0.1, 0.15) is 18.4 Å². The molecule has 0 aliphatic rings. The zero-order chi connectivity index (χ0) is 17.1. The van der Waals surface area contributed by atoms with Gasteiger partial charge in [-0.15, -0.1) is 0 Å². The molecule has 1 atom stereocenters. The minimum absolute atomic E-state index is 0.0589. The molecule has 1 unspecified atom stereocenters. The van der Waals surface area contributed by atoms with Crippen LogP contribution in [0.5, 0.6) is 11.5 Å². The molecular formula is C20H19NO3. The van der Waals surface area contributed by atoms with Gasteiger partial charge in [0.2, 0.25) is 5.91 Å². The van der Waals surface area contributed by atoms with Crippen LogP contribution in [0.15, 0.2) is 60.7 Å². The summed E-state index contributed by atoms with van der Waals surface area (Å²) in [6.07, 6.45) is 0. The van der Waals surface area contributed by atoms with Crippen LogP contribution in [0.4, 0.5) is 5.69 Å². The Bertz CT molecular complexity index is 889. The lowest BCUT2D eigenvalue weighted by Gasteiger charge is -2.14. The molecule has 2 N–H and O–H groups in total. The fourth-order valence-electron chi connectivity index (χ4n) is 2.61. The highest BCUT2D eigenvalue weighted by Gasteiger charge is 2.17. The van der Waals surface area contributed by atoms with E-state index in [1.807, 2.05) is 43.3 Å². The van der Waals surface area contributed by atoms with E-state index in [1.165, 1.54) is 0 Å². The first-order chi connectivity index (χ1) is 11.6. The molecule has 0 bridgehead atoms. The molecule has 0 saturated heterocycles. The number of anilines is 1. The van der Waals surface area contributed by atoms with Crippen molar-refractivity contribution in [1.29, 1.82) is 0 Å². The maximum Gasteiger partial charge on any atom is 0.231 e. The summed E-state index contributed by atoms with van der Waals surface area (Å²) in [7, 11) is 1.64. The fraction of sp³-hybridized carbons (Fsp3) is 0.150. The smallest absolute Gasteiger partial charge is 0.231 e. The molecule has 0 heterocycles. The molecule has 0 aliphatic heterocycles. The minimum atomic E-state index is -0.337. The van der Waals surface area contributed by atoms with Crippen molar-refractivity contribution in [2.75, 3.05) is 12.4 Å². The summed E-state index contributed by atoms with van der Waals surface area (Å²) in [4.78, 5) is 12.5. The second-order valence-electron chi connectivity index (χ2n) is 5.70. The van der Waals surface area contributed by atoms with E-state index in [2.05, 4.69) is 5.32 Å². The van der Waals surface area contributed by atoms with Gasteiger partial charge in [0.05, 0.1) is 18.7 Å². The number of aromatic hydroxyl groups is 1. The number of benzene rings is 3. The molecule has 3 aromatic carbocycles. The Morgan fingerprint density at radius 2 is 1.75 bits per heavy atom. The summed E-state index contributed by atoms with van der Waals surface area (Å²) in [6.45, 7) is 1.85. The number of carbonyl (C=O) groups is 1. The van der Waals surface area contributed by atoms with Crippen molar-refractivity contribution < 1.29 is 14.6 Å². The third kappa shape index (κ3) is 3.18. The van der Waals surface area contributed by atoms with Crippen molar-refractivity contribution in [2.24, 2.45) is 0 Å². The van der Waals surface area contributed by atoms with Gasteiger partial charge in [-0.05, 0) is 47.5 Å². The number of rotatable bonds is 4. The Kier molecular flexibility index (Phi) is 4.38. The number of methoxy groups -OCH3 is 1. The van der Waals surface area contributed by atoms with Gasteiger partial charge < -0.3 is 15.2 Å². The highest BCUT2D eigenvalue weighted by Crippen LogP contribution is 2.27. The average molecular weight is 321 g/mol. The van der Waals surface area contributed by atoms with Crippen LogP contribution >= 0.6 is 0 Å². The lowest BCUT2D eigenvalue weighted by Crippen LogP contribution is -2.18. The molecule has 4 heteroatoms. The molecule has 1 amide bonds. The molecule has 0 aromatic heterocycles. The molecule has 24 heavy (non-hydrogen) atoms. The zero-order valence-corrected chi connectivity index (χ0v) is 13.6. The number of hydrogen-bond acceptors (Lipinski definition) is 3. The highest BCUT2D eigenvalue weighted by molar-refractivity contribution is 5.97. The first-order valence-electron chi connectivity index (χ1n) is 7.75. The van der Waals surface area contributed by atoms with Gasteiger partial charge in [0.1, 0.15) is 11.5 Å². The number of para-hydroxylation sites is 2. The van der Waals surface area contributed by atoms with Crippen LogP contribution in [-0.4, -0.2) is 18.1 Å². The molecule has 4 nitrogen and oxygen atoms in total. The van der Waals surface area contributed by atoms with Gasteiger partial charge in [-0.3, -0.25) is 4.79 Å². The van der Waals surface area contributed by atoms with E-state index in [0.29, 0.717) is 5.69 Å². The van der Waals surface area contributed by atoms with Gasteiger partial charge in [0.25, 0.3) is 0 Å². The third-order valence-electron chi connectivity index (χ3n) is 4.13. The van der Waals surface area contributed by atoms with Crippen molar-refractivity contribution in [1.82, 2.24) is 0 Å². The van der Waals surface area contributed by atoms with E-state index in [4.69, 9.17) is 4.74 Å². The normalized spacial score (nSPS) is 11.9. The van der Waals surface area contributed by atoms with E-state index in [-0.39, 0.29) is 17.6 Å². The largest absolute Gasteiger partial charge is 0.506 e. The number of ether oxygens (including phenoxy) is 1. The summed E-state index contributed by atoms with van der Waals surface area (Å²) >= 11 is 0. The Balaban J connectivity index is 1.83. The molecule has 0 aliphatic carbocycles. The van der Waals surface area contributed by atoms with Crippen molar-refractivity contribution in [3.8, 4) is 11.5 Å². The fourth-order valence-corrected chi connectivity index (χ4v) is 2.61. The topological polar surface area (TPSA) is 58.6 Å². The van der Waals surface area contributed by atoms with Gasteiger partial charge in [0.15, 0.2) is 0 Å². The second-order valence-corrected chi connectivity index (χ2v) is 5.70. The van der Waals surface area contributed by atoms with Crippen LogP contribution in [-0.2, 0) is 4.79 Å². The summed E-state index contributed by atoms with van der Waals surface area (Å²) in [5.74, 6) is 0.365. The maximum absolute atomic E-state index is 12.5. The number of carbonyl (C=O) groups excluding carboxylic acids is 1. The molecular weight excluding hydrogens is 302 g/mol. The number of phenolic OH excluding ortho intramolecular Hbond substituents is 1. The van der Waals surface area contributed by atoms with Crippen molar-refractivity contribution in [3.05, 3.63) is 66.2 Å². The first-order valence-corrected chi connectivity index (χ1v) is 7.75. The summed E-state index contributed by atoms with van der Waals surface area (Å²) in [5, 5.41) is 14.7. The monoisotopic (exact) mass is 321 g/mol. The van der Waals surface area contributed by atoms with Crippen molar-refractivity contribution in [3.63, 3.8) is 0 Å². The third-order valence-corrected chi connectivity index (χ3v) is 4.13. The first kappa shape index (κ1) is 15.9. The predicted molar refractivity (Wildman–Crippen MR) is 95.7 cm³/mol. The van der Waals surface area contributed by atoms with Crippen LogP contribution in [0.2, 0.25) is 0 Å². The average Bonchev–Trinajstić information content (AvgIpc) is 2.62. The number of fused-ring (bicyclic) bond motifs is 1. The maximum atomic E-state index is 12.5. The zero-order valence-electron chi connectivity index (χ0n) is 13.6. The Labute approximate surface area is 140 Å². The Hall–Kier alpha value is -3.01. The SMILES string of the molecule is COc1ccc2cc(C(C)C(=O)Nc3ccccc3O)ccc2c1. The molecule has 0 saturated carbocycles. The Morgan fingerprint density at radius 3 is 2.50 bits per heavy atom. The summed E-state index contributed by atoms with van der Waals surface area (Å²) < 4.78 is 5.23. The van der Waals surface area contributed by atoms with E-state index < -0.39 is 0 Å². The highest BCUT2D eigenvalue weighted by atomic mass is 16.5. The van der Waals surface area contributed by atoms with Crippen LogP contribution in [0.25, 0.3) is 10.8 Å². The van der Waals surface area contributed by atoms with E-state index in [0.717, 1.165) is 22.1 Å². The predicted octanol–water partition coefficient (Wildman–Crippen LogP) is 4.30. The lowest BCUT2D eigenvalue weighted by atomic mass is 9.97. The van der Waals surface area contributed by atoms with Gasteiger partial charge >= 0.3 is 0 Å². The number of phenols is 1. The van der Waals surface area contributed by atoms with Crippen molar-refractivity contribution >= 4 is 22.4 Å². The van der Waals surface area contributed by atoms with E-state index in [9.17, 15) is 9.90 Å². The molecule has 3 aromatic rings. The molecule has 0 spiro atoms. The standard InChI is InChI=1S/C20H19NO3/c1-13(20(23)21-18-5-3-4-6-19(18)22)14-7-8-16-12-17(24-2)10-9-15(16)11-14/h3-13,22H,1-2H3,(H,21,23). The van der Waals surface area contributed by atoms with Gasteiger partial charge in [-0.1, -0.05) is 36.4 Å². The molecule has 3 rings (SSSR count). The van der Waals surface area contributed by atoms with Crippen LogP contribution in [0.3, 0.4) is 0 Å². The number of amides is 1. The van der Waals surface area contributed by atoms with E-state index in [1.54, 1.807) is 31.4 Å². The van der Waals surface area contributed by atoms with Crippen molar-refractivity contribution in [2.45, 2.75) is 12.8 Å². The Morgan fingerprint density at radius 1 is 1.04 bits per heavy atom. The molecule has 0 fully saturated rings. The number of nitrogens with one attached hydrogen (secondary N) is 1. The van der Waals surface area contributed by atoms with Gasteiger partial charge in [-0.2, -0.15) is 0 Å². The van der Waals surface area contributed by atoms with Crippen LogP contribution < -0.4 is 10.1 Å². The van der Waals surface area contributed by atoms with Gasteiger partial charge in [-0.25, -0.2) is 0 Å². The van der Waals surface area contributed by atoms with E-state index >= 15 is 0 Å². The summed E-state index contributed by atoms with van der Waals surface area (Å²) in [5.41, 5.74) is 1.33. The second kappa shape index (κ2) is 6.62.